The molecule has 0 saturated carbocycles. The lowest BCUT2D eigenvalue weighted by molar-refractivity contribution is 0.543. The van der Waals surface area contributed by atoms with Gasteiger partial charge in [0.1, 0.15) is 4.90 Å². The van der Waals surface area contributed by atoms with Crippen molar-refractivity contribution in [2.75, 3.05) is 23.8 Å². The van der Waals surface area contributed by atoms with Gasteiger partial charge in [-0.05, 0) is 19.3 Å². The number of nitrogens with one attached hydrogen (secondary N) is 1. The molecule has 1 atom stereocenters. The molecule has 0 spiro atoms. The number of anilines is 1. The smallest absolute Gasteiger partial charge is 0.245 e. The Balaban J connectivity index is 2.06. The van der Waals surface area contributed by atoms with Crippen LogP contribution in [-0.4, -0.2) is 44.7 Å². The van der Waals surface area contributed by atoms with Crippen molar-refractivity contribution >= 4 is 25.7 Å². The maximum absolute atomic E-state index is 12.1. The molecule has 114 valence electrons. The average Bonchev–Trinajstić information content (AvgIpc) is 2.90. The SMILES string of the molecule is CCn1cc(S(=O)(=O)NCC2CCS(=O)(=O)C2)c(N)n1. The van der Waals surface area contributed by atoms with Gasteiger partial charge in [0.15, 0.2) is 15.7 Å². The molecule has 1 saturated heterocycles. The molecular weight excluding hydrogens is 304 g/mol. The third-order valence-electron chi connectivity index (χ3n) is 3.26. The molecule has 2 rings (SSSR count). The zero-order valence-corrected chi connectivity index (χ0v) is 12.7. The molecule has 0 radical (unpaired) electrons. The number of aromatic nitrogens is 2. The summed E-state index contributed by atoms with van der Waals surface area (Å²) < 4.78 is 50.7. The van der Waals surface area contributed by atoms with Crippen LogP contribution in [0, 0.1) is 5.92 Å². The van der Waals surface area contributed by atoms with Gasteiger partial charge in [0.2, 0.25) is 10.0 Å². The van der Waals surface area contributed by atoms with E-state index in [1.165, 1.54) is 10.9 Å². The lowest BCUT2D eigenvalue weighted by Gasteiger charge is -2.09. The second kappa shape index (κ2) is 5.34. The maximum Gasteiger partial charge on any atom is 0.245 e. The van der Waals surface area contributed by atoms with Crippen molar-refractivity contribution in [3.8, 4) is 0 Å². The highest BCUT2D eigenvalue weighted by atomic mass is 32.2. The fourth-order valence-corrected chi connectivity index (χ4v) is 5.17. The van der Waals surface area contributed by atoms with E-state index in [2.05, 4.69) is 9.82 Å². The van der Waals surface area contributed by atoms with E-state index in [9.17, 15) is 16.8 Å². The van der Waals surface area contributed by atoms with Gasteiger partial charge in [0, 0.05) is 19.3 Å². The highest BCUT2D eigenvalue weighted by molar-refractivity contribution is 7.91. The van der Waals surface area contributed by atoms with E-state index in [1.54, 1.807) is 0 Å². The van der Waals surface area contributed by atoms with E-state index in [1.807, 2.05) is 6.92 Å². The van der Waals surface area contributed by atoms with Gasteiger partial charge in [0.05, 0.1) is 11.5 Å². The van der Waals surface area contributed by atoms with Crippen LogP contribution < -0.4 is 10.5 Å². The summed E-state index contributed by atoms with van der Waals surface area (Å²) in [6.07, 6.45) is 1.84. The monoisotopic (exact) mass is 322 g/mol. The van der Waals surface area contributed by atoms with Crippen LogP contribution in [0.5, 0.6) is 0 Å². The van der Waals surface area contributed by atoms with E-state index in [4.69, 9.17) is 5.73 Å². The van der Waals surface area contributed by atoms with E-state index >= 15 is 0 Å². The van der Waals surface area contributed by atoms with E-state index in [0.29, 0.717) is 13.0 Å². The van der Waals surface area contributed by atoms with Gasteiger partial charge in [0.25, 0.3) is 0 Å². The summed E-state index contributed by atoms with van der Waals surface area (Å²) in [6.45, 7) is 2.43. The zero-order chi connectivity index (χ0) is 15.0. The number of sulfone groups is 1. The summed E-state index contributed by atoms with van der Waals surface area (Å²) >= 11 is 0. The molecule has 0 aliphatic carbocycles. The van der Waals surface area contributed by atoms with Gasteiger partial charge in [-0.2, -0.15) is 5.10 Å². The quantitative estimate of drug-likeness (QED) is 0.731. The molecule has 1 aliphatic heterocycles. The Hall–Kier alpha value is -1.13. The molecule has 1 aromatic rings. The Labute approximate surface area is 118 Å². The molecule has 1 aromatic heterocycles. The topological polar surface area (TPSA) is 124 Å². The molecule has 0 bridgehead atoms. The van der Waals surface area contributed by atoms with Crippen molar-refractivity contribution in [1.29, 1.82) is 0 Å². The second-order valence-corrected chi connectivity index (χ2v) is 8.82. The van der Waals surface area contributed by atoms with Gasteiger partial charge in [-0.25, -0.2) is 21.6 Å². The molecule has 3 N–H and O–H groups in total. The Morgan fingerprint density at radius 3 is 2.75 bits per heavy atom. The van der Waals surface area contributed by atoms with Crippen LogP contribution in [0.15, 0.2) is 11.1 Å². The molecule has 0 aromatic carbocycles. The number of hydrogen-bond acceptors (Lipinski definition) is 6. The largest absolute Gasteiger partial charge is 0.381 e. The van der Waals surface area contributed by atoms with Gasteiger partial charge >= 0.3 is 0 Å². The fraction of sp³-hybridized carbons (Fsp3) is 0.700. The molecule has 20 heavy (non-hydrogen) atoms. The van der Waals surface area contributed by atoms with E-state index in [-0.39, 0.29) is 34.7 Å². The second-order valence-electron chi connectivity index (χ2n) is 4.86. The van der Waals surface area contributed by atoms with Crippen LogP contribution >= 0.6 is 0 Å². The third-order valence-corrected chi connectivity index (χ3v) is 6.53. The van der Waals surface area contributed by atoms with Crippen LogP contribution in [0.3, 0.4) is 0 Å². The van der Waals surface area contributed by atoms with Crippen LogP contribution in [-0.2, 0) is 26.4 Å². The van der Waals surface area contributed by atoms with E-state index < -0.39 is 19.9 Å². The van der Waals surface area contributed by atoms with E-state index in [0.717, 1.165) is 0 Å². The number of aryl methyl sites for hydroxylation is 1. The minimum Gasteiger partial charge on any atom is -0.381 e. The van der Waals surface area contributed by atoms with Gasteiger partial charge in [-0.3, -0.25) is 4.68 Å². The van der Waals surface area contributed by atoms with Crippen LogP contribution in [0.4, 0.5) is 5.82 Å². The number of sulfonamides is 1. The minimum absolute atomic E-state index is 0.0270. The first-order chi connectivity index (χ1) is 9.23. The van der Waals surface area contributed by atoms with Crippen molar-refractivity contribution in [2.24, 2.45) is 5.92 Å². The predicted molar refractivity (Wildman–Crippen MR) is 74.3 cm³/mol. The number of nitrogens with zero attached hydrogens (tertiary/aromatic N) is 2. The van der Waals surface area contributed by atoms with Crippen molar-refractivity contribution in [1.82, 2.24) is 14.5 Å². The maximum atomic E-state index is 12.1. The van der Waals surface area contributed by atoms with Crippen LogP contribution in [0.25, 0.3) is 0 Å². The third kappa shape index (κ3) is 3.30. The summed E-state index contributed by atoms with van der Waals surface area (Å²) in [5, 5.41) is 3.88. The number of nitrogen functional groups attached to an aromatic ring is 1. The van der Waals surface area contributed by atoms with Gasteiger partial charge in [-0.15, -0.1) is 0 Å². The molecule has 0 amide bonds. The number of hydrogen-bond donors (Lipinski definition) is 2. The standard InChI is InChI=1S/C10H18N4O4S2/c1-2-14-6-9(10(11)13-14)20(17,18)12-5-8-3-4-19(15,16)7-8/h6,8,12H,2-5,7H2,1H3,(H2,11,13). The van der Waals surface area contributed by atoms with Crippen LogP contribution in [0.1, 0.15) is 13.3 Å². The fourth-order valence-electron chi connectivity index (χ4n) is 2.13. The normalized spacial score (nSPS) is 22.1. The summed E-state index contributed by atoms with van der Waals surface area (Å²) in [6, 6.07) is 0. The summed E-state index contributed by atoms with van der Waals surface area (Å²) in [4.78, 5) is -0.0693. The molecule has 1 unspecified atom stereocenters. The molecule has 8 nitrogen and oxygen atoms in total. The lowest BCUT2D eigenvalue weighted by Crippen LogP contribution is -2.30. The lowest BCUT2D eigenvalue weighted by atomic mass is 10.1. The summed E-state index contributed by atoms with van der Waals surface area (Å²) in [5.74, 6) is -0.0928. The Bertz CT molecular complexity index is 693. The number of nitrogens with two attached hydrogens (primary N) is 1. The average molecular weight is 322 g/mol. The minimum atomic E-state index is -3.76. The summed E-state index contributed by atoms with van der Waals surface area (Å²) in [7, 11) is -6.77. The number of rotatable bonds is 5. The van der Waals surface area contributed by atoms with Gasteiger partial charge in [-0.1, -0.05) is 0 Å². The van der Waals surface area contributed by atoms with Gasteiger partial charge < -0.3 is 5.73 Å². The first-order valence-corrected chi connectivity index (χ1v) is 9.57. The first-order valence-electron chi connectivity index (χ1n) is 6.26. The molecule has 1 aliphatic rings. The summed E-state index contributed by atoms with van der Waals surface area (Å²) in [5.41, 5.74) is 5.58. The predicted octanol–water partition coefficient (Wildman–Crippen LogP) is -0.802. The van der Waals surface area contributed by atoms with Crippen molar-refractivity contribution < 1.29 is 16.8 Å². The van der Waals surface area contributed by atoms with Crippen molar-refractivity contribution in [3.63, 3.8) is 0 Å². The molecular formula is C10H18N4O4S2. The Morgan fingerprint density at radius 2 is 2.25 bits per heavy atom. The van der Waals surface area contributed by atoms with Crippen molar-refractivity contribution in [3.05, 3.63) is 6.20 Å². The molecule has 1 fully saturated rings. The molecule has 2 heterocycles. The Morgan fingerprint density at radius 1 is 1.55 bits per heavy atom. The zero-order valence-electron chi connectivity index (χ0n) is 11.1. The highest BCUT2D eigenvalue weighted by Crippen LogP contribution is 2.20. The van der Waals surface area contributed by atoms with Crippen molar-refractivity contribution in [2.45, 2.75) is 24.8 Å². The first kappa shape index (κ1) is 15.3. The highest BCUT2D eigenvalue weighted by Gasteiger charge is 2.29. The van der Waals surface area contributed by atoms with Crippen LogP contribution in [0.2, 0.25) is 0 Å². The Kier molecular flexibility index (Phi) is 4.07. The molecule has 10 heteroatoms.